The number of halogens is 1. The van der Waals surface area contributed by atoms with Crippen LogP contribution in [0.1, 0.15) is 6.42 Å². The third-order valence-electron chi connectivity index (χ3n) is 5.30. The highest BCUT2D eigenvalue weighted by molar-refractivity contribution is 5.89. The van der Waals surface area contributed by atoms with Gasteiger partial charge in [-0.15, -0.1) is 0 Å². The van der Waals surface area contributed by atoms with Gasteiger partial charge in [-0.05, 0) is 17.7 Å². The van der Waals surface area contributed by atoms with E-state index < -0.39 is 0 Å². The SMILES string of the molecule is CN1C[C@@H](C(=O)NCCn2cc(-c3ccc(F)cc3)c(-c3nccn3C)n2)CC1=O. The van der Waals surface area contributed by atoms with Crippen LogP contribution in [0.2, 0.25) is 0 Å². The number of rotatable bonds is 6. The maximum Gasteiger partial charge on any atom is 0.225 e. The Kier molecular flexibility index (Phi) is 5.35. The lowest BCUT2D eigenvalue weighted by atomic mass is 10.1. The summed E-state index contributed by atoms with van der Waals surface area (Å²) in [7, 11) is 3.59. The zero-order valence-corrected chi connectivity index (χ0v) is 16.9. The molecule has 156 valence electrons. The molecule has 8 nitrogen and oxygen atoms in total. The van der Waals surface area contributed by atoms with Gasteiger partial charge in [0.2, 0.25) is 11.8 Å². The predicted octanol–water partition coefficient (Wildman–Crippen LogP) is 1.68. The second-order valence-corrected chi connectivity index (χ2v) is 7.49. The fourth-order valence-electron chi connectivity index (χ4n) is 3.61. The summed E-state index contributed by atoms with van der Waals surface area (Å²) in [5, 5.41) is 7.54. The Bertz CT molecular complexity index is 1070. The third-order valence-corrected chi connectivity index (χ3v) is 5.30. The first-order valence-corrected chi connectivity index (χ1v) is 9.75. The number of carbonyl (C=O) groups is 2. The van der Waals surface area contributed by atoms with Crippen molar-refractivity contribution in [3.8, 4) is 22.6 Å². The number of imidazole rings is 1. The minimum Gasteiger partial charge on any atom is -0.354 e. The van der Waals surface area contributed by atoms with E-state index in [1.54, 1.807) is 35.0 Å². The van der Waals surface area contributed by atoms with Gasteiger partial charge in [-0.2, -0.15) is 5.10 Å². The van der Waals surface area contributed by atoms with Crippen molar-refractivity contribution in [1.29, 1.82) is 0 Å². The summed E-state index contributed by atoms with van der Waals surface area (Å²) in [6.45, 7) is 1.29. The zero-order valence-electron chi connectivity index (χ0n) is 16.9. The lowest BCUT2D eigenvalue weighted by Gasteiger charge is -2.11. The largest absolute Gasteiger partial charge is 0.354 e. The van der Waals surface area contributed by atoms with Gasteiger partial charge in [-0.1, -0.05) is 12.1 Å². The maximum absolute atomic E-state index is 13.4. The minimum atomic E-state index is -0.307. The van der Waals surface area contributed by atoms with Crippen molar-refractivity contribution < 1.29 is 14.0 Å². The molecule has 0 spiro atoms. The lowest BCUT2D eigenvalue weighted by Crippen LogP contribution is -2.34. The van der Waals surface area contributed by atoms with Crippen LogP contribution in [0.5, 0.6) is 0 Å². The first-order chi connectivity index (χ1) is 14.4. The van der Waals surface area contributed by atoms with E-state index in [1.165, 1.54) is 12.1 Å². The summed E-state index contributed by atoms with van der Waals surface area (Å²) in [6.07, 6.45) is 5.66. The fourth-order valence-corrected chi connectivity index (χ4v) is 3.61. The molecule has 1 saturated heterocycles. The van der Waals surface area contributed by atoms with Crippen LogP contribution in [0.15, 0.2) is 42.9 Å². The molecular weight excluding hydrogens is 387 g/mol. The third kappa shape index (κ3) is 3.96. The number of aromatic nitrogens is 4. The number of hydrogen-bond acceptors (Lipinski definition) is 4. The highest BCUT2D eigenvalue weighted by atomic mass is 19.1. The first-order valence-electron chi connectivity index (χ1n) is 9.75. The molecule has 2 aromatic heterocycles. The highest BCUT2D eigenvalue weighted by Gasteiger charge is 2.31. The molecule has 1 N–H and O–H groups in total. The van der Waals surface area contributed by atoms with E-state index in [0.29, 0.717) is 31.2 Å². The fraction of sp³-hybridized carbons (Fsp3) is 0.333. The van der Waals surface area contributed by atoms with E-state index in [0.717, 1.165) is 11.1 Å². The monoisotopic (exact) mass is 410 g/mol. The van der Waals surface area contributed by atoms with Gasteiger partial charge in [0.05, 0.1) is 12.5 Å². The van der Waals surface area contributed by atoms with Crippen molar-refractivity contribution in [2.24, 2.45) is 13.0 Å². The number of hydrogen-bond donors (Lipinski definition) is 1. The second-order valence-electron chi connectivity index (χ2n) is 7.49. The molecule has 1 fully saturated rings. The Balaban J connectivity index is 1.50. The summed E-state index contributed by atoms with van der Waals surface area (Å²) >= 11 is 0. The molecule has 0 unspecified atom stereocenters. The number of nitrogens with one attached hydrogen (secondary N) is 1. The molecule has 1 atom stereocenters. The molecule has 30 heavy (non-hydrogen) atoms. The van der Waals surface area contributed by atoms with Crippen LogP contribution in [0.25, 0.3) is 22.6 Å². The van der Waals surface area contributed by atoms with Gasteiger partial charge in [-0.3, -0.25) is 14.3 Å². The number of aryl methyl sites for hydroxylation is 1. The average Bonchev–Trinajstić information content (AvgIpc) is 3.41. The van der Waals surface area contributed by atoms with Gasteiger partial charge in [-0.25, -0.2) is 9.37 Å². The number of amides is 2. The summed E-state index contributed by atoms with van der Waals surface area (Å²) in [5.41, 5.74) is 2.35. The first kappa shape index (κ1) is 19.8. The molecule has 9 heteroatoms. The number of likely N-dealkylation sites (tertiary alicyclic amines) is 1. The van der Waals surface area contributed by atoms with Gasteiger partial charge >= 0.3 is 0 Å². The molecule has 0 saturated carbocycles. The molecule has 0 bridgehead atoms. The highest BCUT2D eigenvalue weighted by Crippen LogP contribution is 2.30. The Hall–Kier alpha value is -3.49. The Morgan fingerprint density at radius 3 is 2.67 bits per heavy atom. The normalized spacial score (nSPS) is 16.3. The van der Waals surface area contributed by atoms with Gasteiger partial charge in [0.25, 0.3) is 0 Å². The second kappa shape index (κ2) is 8.10. The molecule has 4 rings (SSSR count). The van der Waals surface area contributed by atoms with Crippen LogP contribution in [0, 0.1) is 11.7 Å². The Labute approximate surface area is 173 Å². The van der Waals surface area contributed by atoms with Crippen molar-refractivity contribution in [1.82, 2.24) is 29.5 Å². The summed E-state index contributed by atoms with van der Waals surface area (Å²) in [5.74, 6) is -0.0418. The molecule has 3 aromatic rings. The van der Waals surface area contributed by atoms with Gasteiger partial charge in [0.1, 0.15) is 11.5 Å². The molecule has 1 aliphatic rings. The topological polar surface area (TPSA) is 85.1 Å². The number of nitrogens with zero attached hydrogens (tertiary/aromatic N) is 5. The molecule has 2 amide bonds. The minimum absolute atomic E-state index is 0.00845. The molecule has 0 aliphatic carbocycles. The van der Waals surface area contributed by atoms with E-state index >= 15 is 0 Å². The predicted molar refractivity (Wildman–Crippen MR) is 109 cm³/mol. The Morgan fingerprint density at radius 1 is 1.27 bits per heavy atom. The van der Waals surface area contributed by atoms with Gasteiger partial charge in [0.15, 0.2) is 5.82 Å². The van der Waals surface area contributed by atoms with Crippen LogP contribution < -0.4 is 5.32 Å². The van der Waals surface area contributed by atoms with Crippen LogP contribution in [-0.4, -0.2) is 56.2 Å². The Morgan fingerprint density at radius 2 is 2.03 bits per heavy atom. The van der Waals surface area contributed by atoms with Crippen LogP contribution in [-0.2, 0) is 23.2 Å². The molecule has 3 heterocycles. The van der Waals surface area contributed by atoms with E-state index in [-0.39, 0.29) is 30.0 Å². The lowest BCUT2D eigenvalue weighted by molar-refractivity contribution is -0.128. The van der Waals surface area contributed by atoms with Gasteiger partial charge < -0.3 is 14.8 Å². The number of benzene rings is 1. The standard InChI is InChI=1S/C21H23FN6O2/c1-26-9-7-23-20(26)19-17(14-3-5-16(22)6-4-14)13-28(25-19)10-8-24-21(30)15-11-18(29)27(2)12-15/h3-7,9,13,15H,8,10-12H2,1-2H3,(H,24,30)/t15-/m0/s1. The zero-order chi connectivity index (χ0) is 21.3. The summed E-state index contributed by atoms with van der Waals surface area (Å²) in [4.78, 5) is 29.9. The molecule has 1 aromatic carbocycles. The van der Waals surface area contributed by atoms with Crippen molar-refractivity contribution in [3.05, 3.63) is 48.7 Å². The summed E-state index contributed by atoms with van der Waals surface area (Å²) < 4.78 is 17.0. The van der Waals surface area contributed by atoms with E-state index in [1.807, 2.05) is 24.0 Å². The van der Waals surface area contributed by atoms with Crippen molar-refractivity contribution in [2.45, 2.75) is 13.0 Å². The van der Waals surface area contributed by atoms with Gasteiger partial charge in [0, 0.05) is 57.8 Å². The van der Waals surface area contributed by atoms with Crippen LogP contribution in [0.4, 0.5) is 4.39 Å². The maximum atomic E-state index is 13.4. The summed E-state index contributed by atoms with van der Waals surface area (Å²) in [6, 6.07) is 6.24. The van der Waals surface area contributed by atoms with E-state index in [4.69, 9.17) is 0 Å². The van der Waals surface area contributed by atoms with E-state index in [9.17, 15) is 14.0 Å². The molecule has 0 radical (unpaired) electrons. The quantitative estimate of drug-likeness (QED) is 0.670. The molecule has 1 aliphatic heterocycles. The van der Waals surface area contributed by atoms with Crippen molar-refractivity contribution in [3.63, 3.8) is 0 Å². The van der Waals surface area contributed by atoms with E-state index in [2.05, 4.69) is 15.4 Å². The van der Waals surface area contributed by atoms with Crippen LogP contribution >= 0.6 is 0 Å². The van der Waals surface area contributed by atoms with Crippen molar-refractivity contribution in [2.75, 3.05) is 20.1 Å². The van der Waals surface area contributed by atoms with Crippen LogP contribution in [0.3, 0.4) is 0 Å². The van der Waals surface area contributed by atoms with Crippen molar-refractivity contribution >= 4 is 11.8 Å². The smallest absolute Gasteiger partial charge is 0.225 e. The number of carbonyl (C=O) groups excluding carboxylic acids is 2. The molecular formula is C21H23FN6O2. The average molecular weight is 410 g/mol.